The van der Waals surface area contributed by atoms with Gasteiger partial charge in [-0.05, 0) is 70.0 Å². The van der Waals surface area contributed by atoms with Crippen LogP contribution in [0.5, 0.6) is 0 Å². The Kier molecular flexibility index (Phi) is 9.31. The number of ether oxygens (including phenoxy) is 1. The van der Waals surface area contributed by atoms with Crippen LogP contribution in [0.15, 0.2) is 66.9 Å². The van der Waals surface area contributed by atoms with Gasteiger partial charge in [-0.3, -0.25) is 4.90 Å². The summed E-state index contributed by atoms with van der Waals surface area (Å²) >= 11 is 0. The van der Waals surface area contributed by atoms with E-state index >= 15 is 0 Å². The minimum absolute atomic E-state index is 0.155. The molecule has 0 saturated carbocycles. The number of fused-ring (bicyclic) bond motifs is 4. The predicted molar refractivity (Wildman–Crippen MR) is 172 cm³/mol. The molecule has 0 unspecified atom stereocenters. The quantitative estimate of drug-likeness (QED) is 0.229. The third-order valence-corrected chi connectivity index (χ3v) is 7.53. The summed E-state index contributed by atoms with van der Waals surface area (Å²) in [4.78, 5) is 34.1. The zero-order valence-corrected chi connectivity index (χ0v) is 25.9. The van der Waals surface area contributed by atoms with Gasteiger partial charge in [0.1, 0.15) is 5.60 Å². The third kappa shape index (κ3) is 7.82. The number of nitrogens with two attached hydrogens (primary N) is 1. The van der Waals surface area contributed by atoms with Crippen molar-refractivity contribution in [2.24, 2.45) is 5.73 Å². The van der Waals surface area contributed by atoms with Crippen LogP contribution >= 0.6 is 0 Å². The molecule has 3 amide bonds. The summed E-state index contributed by atoms with van der Waals surface area (Å²) < 4.78 is 45.4. The Hall–Kier alpha value is -4.94. The fraction of sp³-hybridized carbons (Fsp3) is 0.364. The standard InChI is InChI=1S/C33H38F3N7O3/c1-32(2,3)46-31(45)39-15-14-38-19-26(37)21-7-5-10-24(18-21)40-30(44)43-25-11-6-16-42(20-25)28-13-12-27(41-29(28)43)22-8-4-9-23(17-22)33(34,35)36/h4-5,7-10,12-13,17-19,25,38H,6,11,14-16,20,37H2,1-3H3,(H,39,45)(H,40,44)/b26-19-/t25-/m0/s1. The van der Waals surface area contributed by atoms with E-state index < -0.39 is 29.5 Å². The molecule has 1 atom stereocenters. The van der Waals surface area contributed by atoms with Crippen molar-refractivity contribution >= 4 is 35.0 Å². The SMILES string of the molecule is CC(C)(C)OC(=O)NCCN/C=C(\N)c1cccc(NC(=O)N2c3nc(-c4cccc(C(F)(F)F)c4)ccc3N3CCC[C@H]2C3)c1. The number of pyridine rings is 1. The third-order valence-electron chi connectivity index (χ3n) is 7.53. The molecule has 5 rings (SSSR count). The van der Waals surface area contributed by atoms with Crippen LogP contribution in [0, 0.1) is 0 Å². The number of carbonyl (C=O) groups is 2. The second-order valence-electron chi connectivity index (χ2n) is 12.2. The van der Waals surface area contributed by atoms with Crippen LogP contribution in [0.2, 0.25) is 0 Å². The molecule has 5 N–H and O–H groups in total. The van der Waals surface area contributed by atoms with Gasteiger partial charge in [-0.25, -0.2) is 14.6 Å². The zero-order chi connectivity index (χ0) is 33.1. The van der Waals surface area contributed by atoms with Crippen LogP contribution in [0.25, 0.3) is 17.0 Å². The molecule has 0 radical (unpaired) electrons. The number of rotatable bonds is 7. The minimum Gasteiger partial charge on any atom is -0.444 e. The average Bonchev–Trinajstić information content (AvgIpc) is 2.99. The normalized spacial score (nSPS) is 16.4. The van der Waals surface area contributed by atoms with E-state index in [0.717, 1.165) is 37.2 Å². The number of hydrogen-bond donors (Lipinski definition) is 4. The van der Waals surface area contributed by atoms with Gasteiger partial charge in [0.25, 0.3) is 0 Å². The lowest BCUT2D eigenvalue weighted by atomic mass is 9.99. The fourth-order valence-corrected chi connectivity index (χ4v) is 5.48. The lowest BCUT2D eigenvalue weighted by Gasteiger charge is -2.45. The highest BCUT2D eigenvalue weighted by atomic mass is 19.4. The molecule has 3 heterocycles. The minimum atomic E-state index is -4.49. The Bertz CT molecular complexity index is 1620. The van der Waals surface area contributed by atoms with Crippen molar-refractivity contribution in [3.63, 3.8) is 0 Å². The molecular weight excluding hydrogens is 599 g/mol. The van der Waals surface area contributed by atoms with Crippen LogP contribution in [-0.4, -0.2) is 54.9 Å². The number of anilines is 3. The van der Waals surface area contributed by atoms with E-state index in [0.29, 0.717) is 53.7 Å². The van der Waals surface area contributed by atoms with Gasteiger partial charge in [0, 0.05) is 49.2 Å². The largest absolute Gasteiger partial charge is 0.444 e. The summed E-state index contributed by atoms with van der Waals surface area (Å²) in [5.41, 5.74) is 7.95. The van der Waals surface area contributed by atoms with E-state index in [9.17, 15) is 22.8 Å². The molecule has 2 aliphatic heterocycles. The maximum atomic E-state index is 13.8. The first kappa shape index (κ1) is 32.5. The van der Waals surface area contributed by atoms with Gasteiger partial charge < -0.3 is 31.3 Å². The Morgan fingerprint density at radius 2 is 1.85 bits per heavy atom. The molecule has 1 saturated heterocycles. The summed E-state index contributed by atoms with van der Waals surface area (Å²) in [5.74, 6) is 0.406. The van der Waals surface area contributed by atoms with E-state index in [-0.39, 0.29) is 6.04 Å². The molecule has 244 valence electrons. The molecule has 1 aromatic heterocycles. The first-order chi connectivity index (χ1) is 21.8. The number of halogens is 3. The molecule has 0 spiro atoms. The summed E-state index contributed by atoms with van der Waals surface area (Å²) in [6.45, 7) is 7.55. The van der Waals surface area contributed by atoms with Gasteiger partial charge in [0.15, 0.2) is 5.82 Å². The molecule has 46 heavy (non-hydrogen) atoms. The summed E-state index contributed by atoms with van der Waals surface area (Å²) in [5, 5.41) is 8.67. The smallest absolute Gasteiger partial charge is 0.416 e. The van der Waals surface area contributed by atoms with Gasteiger partial charge in [0.2, 0.25) is 0 Å². The number of alkyl carbamates (subject to hydrolysis) is 1. The highest BCUT2D eigenvalue weighted by Gasteiger charge is 2.38. The summed E-state index contributed by atoms with van der Waals surface area (Å²) in [6.07, 6.45) is -1.72. The summed E-state index contributed by atoms with van der Waals surface area (Å²) in [6, 6.07) is 15.1. The lowest BCUT2D eigenvalue weighted by molar-refractivity contribution is -0.137. The number of aromatic nitrogens is 1. The van der Waals surface area contributed by atoms with Crippen LogP contribution in [0.3, 0.4) is 0 Å². The van der Waals surface area contributed by atoms with E-state index in [1.54, 1.807) is 68.3 Å². The fourth-order valence-electron chi connectivity index (χ4n) is 5.48. The number of piperidine rings is 1. The second kappa shape index (κ2) is 13.2. The van der Waals surface area contributed by atoms with Gasteiger partial charge >= 0.3 is 18.3 Å². The Balaban J connectivity index is 1.30. The van der Waals surface area contributed by atoms with Gasteiger partial charge in [-0.1, -0.05) is 24.3 Å². The van der Waals surface area contributed by atoms with Gasteiger partial charge in [-0.2, -0.15) is 13.2 Å². The first-order valence-corrected chi connectivity index (χ1v) is 15.1. The van der Waals surface area contributed by atoms with E-state index in [1.165, 1.54) is 6.07 Å². The van der Waals surface area contributed by atoms with E-state index in [1.807, 2.05) is 6.07 Å². The number of nitrogens with zero attached hydrogens (tertiary/aromatic N) is 3. The van der Waals surface area contributed by atoms with E-state index in [2.05, 4.69) is 20.9 Å². The lowest BCUT2D eigenvalue weighted by Crippen LogP contribution is -2.56. The number of nitrogens with one attached hydrogen (secondary N) is 3. The van der Waals surface area contributed by atoms with Crippen molar-refractivity contribution in [3.8, 4) is 11.3 Å². The highest BCUT2D eigenvalue weighted by Crippen LogP contribution is 2.40. The maximum Gasteiger partial charge on any atom is 0.416 e. The first-order valence-electron chi connectivity index (χ1n) is 15.1. The molecule has 2 aliphatic rings. The number of urea groups is 1. The monoisotopic (exact) mass is 637 g/mol. The molecule has 3 aromatic rings. The van der Waals surface area contributed by atoms with Gasteiger partial charge in [-0.15, -0.1) is 0 Å². The van der Waals surface area contributed by atoms with Crippen molar-refractivity contribution in [3.05, 3.63) is 78.0 Å². The number of benzene rings is 2. The van der Waals surface area contributed by atoms with Crippen molar-refractivity contribution < 1.29 is 27.5 Å². The van der Waals surface area contributed by atoms with Crippen LogP contribution in [0.4, 0.5) is 40.0 Å². The highest BCUT2D eigenvalue weighted by molar-refractivity contribution is 6.04. The topological polar surface area (TPSA) is 125 Å². The number of carbonyl (C=O) groups excluding carboxylic acids is 2. The van der Waals surface area contributed by atoms with Crippen molar-refractivity contribution in [2.75, 3.05) is 41.3 Å². The Labute approximate surface area is 265 Å². The molecular formula is C33H38F3N7O3. The van der Waals surface area contributed by atoms with Crippen LogP contribution < -0.4 is 31.5 Å². The Morgan fingerprint density at radius 3 is 2.61 bits per heavy atom. The van der Waals surface area contributed by atoms with Crippen molar-refractivity contribution in [1.29, 1.82) is 0 Å². The summed E-state index contributed by atoms with van der Waals surface area (Å²) in [7, 11) is 0. The Morgan fingerprint density at radius 1 is 1.07 bits per heavy atom. The average molecular weight is 638 g/mol. The molecule has 13 heteroatoms. The molecule has 1 fully saturated rings. The number of hydrogen-bond acceptors (Lipinski definition) is 7. The number of alkyl halides is 3. The zero-order valence-electron chi connectivity index (χ0n) is 25.9. The number of amides is 3. The molecule has 2 bridgehead atoms. The maximum absolute atomic E-state index is 13.8. The molecule has 10 nitrogen and oxygen atoms in total. The predicted octanol–water partition coefficient (Wildman–Crippen LogP) is 6.16. The molecule has 0 aliphatic carbocycles. The second-order valence-corrected chi connectivity index (χ2v) is 12.2. The van der Waals surface area contributed by atoms with Gasteiger partial charge in [0.05, 0.1) is 28.7 Å². The van der Waals surface area contributed by atoms with Crippen molar-refractivity contribution in [1.82, 2.24) is 15.6 Å². The van der Waals surface area contributed by atoms with Crippen molar-refractivity contribution in [2.45, 2.75) is 51.4 Å². The van der Waals surface area contributed by atoms with Crippen LogP contribution in [0.1, 0.15) is 44.7 Å². The molecule has 2 aromatic carbocycles. The van der Waals surface area contributed by atoms with Crippen LogP contribution in [-0.2, 0) is 10.9 Å². The van der Waals surface area contributed by atoms with E-state index in [4.69, 9.17) is 15.5 Å².